The molecule has 1 amide bonds. The zero-order valence-corrected chi connectivity index (χ0v) is 22.4. The highest BCUT2D eigenvalue weighted by atomic mass is 19.4. The van der Waals surface area contributed by atoms with E-state index in [1.807, 2.05) is 4.90 Å². The van der Waals surface area contributed by atoms with E-state index in [0.717, 1.165) is 12.1 Å². The second-order valence-corrected chi connectivity index (χ2v) is 10.3. The Balaban J connectivity index is 1.44. The van der Waals surface area contributed by atoms with Crippen molar-refractivity contribution in [3.05, 3.63) is 57.1 Å². The number of carbonyl (C=O) groups excluding carboxylic acids is 1. The first-order valence-electron chi connectivity index (χ1n) is 13.1. The largest absolute Gasteiger partial charge is 0.490 e. The van der Waals surface area contributed by atoms with Crippen molar-refractivity contribution in [3.63, 3.8) is 0 Å². The Morgan fingerprint density at radius 1 is 0.976 bits per heavy atom. The molecule has 41 heavy (non-hydrogen) atoms. The first kappa shape index (κ1) is 30.3. The average Bonchev–Trinajstić information content (AvgIpc) is 2.89. The van der Waals surface area contributed by atoms with E-state index >= 15 is 0 Å². The van der Waals surface area contributed by atoms with Crippen LogP contribution in [0, 0.1) is 17.0 Å². The molecule has 2 aromatic carbocycles. The van der Waals surface area contributed by atoms with Gasteiger partial charge in [0.1, 0.15) is 11.3 Å². The van der Waals surface area contributed by atoms with Crippen molar-refractivity contribution < 1.29 is 40.8 Å². The monoisotopic (exact) mass is 588 g/mol. The van der Waals surface area contributed by atoms with Crippen LogP contribution in [0.15, 0.2) is 30.3 Å². The van der Waals surface area contributed by atoms with Gasteiger partial charge >= 0.3 is 12.4 Å². The summed E-state index contributed by atoms with van der Waals surface area (Å²) < 4.78 is 87.9. The number of nitro benzene ring substituents is 1. The summed E-state index contributed by atoms with van der Waals surface area (Å²) in [6.07, 6.45) is -8.55. The molecule has 1 aliphatic carbocycles. The van der Waals surface area contributed by atoms with E-state index in [9.17, 15) is 41.3 Å². The molecule has 2 aliphatic rings. The third-order valence-electron chi connectivity index (χ3n) is 7.61. The summed E-state index contributed by atoms with van der Waals surface area (Å²) in [6.45, 7) is 4.50. The average molecular weight is 589 g/mol. The van der Waals surface area contributed by atoms with Gasteiger partial charge in [0.05, 0.1) is 16.6 Å². The molecule has 2 fully saturated rings. The van der Waals surface area contributed by atoms with Crippen LogP contribution in [0.5, 0.6) is 5.75 Å². The molecular formula is C27H30F6N4O4. The third kappa shape index (κ3) is 6.96. The van der Waals surface area contributed by atoms with Crippen LogP contribution in [0.2, 0.25) is 0 Å². The van der Waals surface area contributed by atoms with Crippen molar-refractivity contribution in [2.75, 3.05) is 36.4 Å². The topological polar surface area (TPSA) is 88.0 Å². The Morgan fingerprint density at radius 3 is 2.15 bits per heavy atom. The van der Waals surface area contributed by atoms with Crippen LogP contribution in [-0.2, 0) is 17.1 Å². The predicted molar refractivity (Wildman–Crippen MR) is 139 cm³/mol. The lowest BCUT2D eigenvalue weighted by atomic mass is 9.92. The number of nitrogens with zero attached hydrogens (tertiary/aromatic N) is 3. The van der Waals surface area contributed by atoms with Crippen molar-refractivity contribution in [3.8, 4) is 5.75 Å². The molecule has 0 radical (unpaired) electrons. The Kier molecular flexibility index (Phi) is 8.59. The Morgan fingerprint density at radius 2 is 1.61 bits per heavy atom. The van der Waals surface area contributed by atoms with Crippen molar-refractivity contribution in [1.29, 1.82) is 0 Å². The first-order chi connectivity index (χ1) is 19.1. The van der Waals surface area contributed by atoms with Crippen LogP contribution in [0.4, 0.5) is 43.4 Å². The molecule has 1 saturated carbocycles. The second-order valence-electron chi connectivity index (χ2n) is 10.3. The van der Waals surface area contributed by atoms with Crippen LogP contribution >= 0.6 is 0 Å². The van der Waals surface area contributed by atoms with E-state index in [1.54, 1.807) is 4.90 Å². The predicted octanol–water partition coefficient (Wildman–Crippen LogP) is 6.41. The first-order valence-corrected chi connectivity index (χ1v) is 13.1. The SMILES string of the molecule is CC(=O)N1CCN(c2ccc(C(F)(F)F)c(OC3CCC(Nc4ccc([N+](=O)[O-])c(C(F)(F)F)c4C)CC3)c2)CC1. The molecule has 2 aromatic rings. The second kappa shape index (κ2) is 11.6. The molecule has 1 aliphatic heterocycles. The molecule has 14 heteroatoms. The maximum Gasteiger partial charge on any atom is 0.423 e. The molecule has 224 valence electrons. The quantitative estimate of drug-likeness (QED) is 0.238. The lowest BCUT2D eigenvalue weighted by molar-refractivity contribution is -0.388. The number of nitro groups is 1. The molecule has 1 N–H and O–H groups in total. The van der Waals surface area contributed by atoms with E-state index in [2.05, 4.69) is 5.32 Å². The fourth-order valence-electron chi connectivity index (χ4n) is 5.41. The van der Waals surface area contributed by atoms with E-state index in [0.29, 0.717) is 57.5 Å². The van der Waals surface area contributed by atoms with Crippen LogP contribution in [-0.4, -0.2) is 54.1 Å². The standard InChI is InChI=1S/C27H30F6N4O4/c1-16-22(9-10-23(37(39)40)25(16)27(31,32)33)34-18-3-6-20(7-4-18)41-24-15-19(5-8-21(24)26(28,29)30)36-13-11-35(12-14-36)17(2)38/h5,8-10,15,18,20,34H,3-4,6-7,11-14H2,1-2H3. The summed E-state index contributed by atoms with van der Waals surface area (Å²) >= 11 is 0. The third-order valence-corrected chi connectivity index (χ3v) is 7.61. The molecule has 1 saturated heterocycles. The van der Waals surface area contributed by atoms with Crippen molar-refractivity contribution >= 4 is 23.0 Å². The van der Waals surface area contributed by atoms with Gasteiger partial charge in [-0.05, 0) is 56.4 Å². The zero-order valence-electron chi connectivity index (χ0n) is 22.4. The molecule has 0 atom stereocenters. The Labute approximate surface area is 232 Å². The summed E-state index contributed by atoms with van der Waals surface area (Å²) in [7, 11) is 0. The van der Waals surface area contributed by atoms with Gasteiger partial charge in [-0.3, -0.25) is 14.9 Å². The van der Waals surface area contributed by atoms with Gasteiger partial charge in [-0.25, -0.2) is 0 Å². The smallest absolute Gasteiger partial charge is 0.423 e. The number of hydrogen-bond donors (Lipinski definition) is 1. The molecule has 8 nitrogen and oxygen atoms in total. The van der Waals surface area contributed by atoms with E-state index in [4.69, 9.17) is 4.74 Å². The molecular weight excluding hydrogens is 558 g/mol. The normalized spacial score (nSPS) is 20.1. The summed E-state index contributed by atoms with van der Waals surface area (Å²) in [5.74, 6) is -0.350. The van der Waals surface area contributed by atoms with Gasteiger partial charge in [0.25, 0.3) is 5.69 Å². The van der Waals surface area contributed by atoms with Crippen molar-refractivity contribution in [1.82, 2.24) is 4.90 Å². The van der Waals surface area contributed by atoms with E-state index in [-0.39, 0.29) is 28.9 Å². The highest BCUT2D eigenvalue weighted by Crippen LogP contribution is 2.42. The lowest BCUT2D eigenvalue weighted by Crippen LogP contribution is -2.48. The lowest BCUT2D eigenvalue weighted by Gasteiger charge is -2.36. The minimum absolute atomic E-state index is 0.0595. The van der Waals surface area contributed by atoms with Gasteiger partial charge in [-0.2, -0.15) is 26.3 Å². The van der Waals surface area contributed by atoms with Crippen molar-refractivity contribution in [2.24, 2.45) is 0 Å². The summed E-state index contributed by atoms with van der Waals surface area (Å²) in [6, 6.07) is 5.52. The molecule has 0 aromatic heterocycles. The minimum Gasteiger partial charge on any atom is -0.490 e. The number of amides is 1. The van der Waals surface area contributed by atoms with E-state index < -0.39 is 40.2 Å². The fraction of sp³-hybridized carbons (Fsp3) is 0.519. The van der Waals surface area contributed by atoms with E-state index in [1.165, 1.54) is 32.0 Å². The minimum atomic E-state index is -4.92. The summed E-state index contributed by atoms with van der Waals surface area (Å²) in [5.41, 5.74) is -2.86. The van der Waals surface area contributed by atoms with Crippen LogP contribution in [0.25, 0.3) is 0 Å². The molecule has 4 rings (SSSR count). The number of hydrogen-bond acceptors (Lipinski definition) is 6. The van der Waals surface area contributed by atoms with Gasteiger partial charge in [0.2, 0.25) is 5.91 Å². The maximum atomic E-state index is 13.8. The molecule has 0 bridgehead atoms. The number of piperazine rings is 1. The van der Waals surface area contributed by atoms with Crippen LogP contribution in [0.3, 0.4) is 0 Å². The highest BCUT2D eigenvalue weighted by molar-refractivity contribution is 5.73. The van der Waals surface area contributed by atoms with Crippen LogP contribution in [0.1, 0.15) is 49.3 Å². The highest BCUT2D eigenvalue weighted by Gasteiger charge is 2.41. The molecule has 1 heterocycles. The molecule has 0 unspecified atom stereocenters. The summed E-state index contributed by atoms with van der Waals surface area (Å²) in [5, 5.41) is 14.1. The number of ether oxygens (including phenoxy) is 1. The molecule has 0 spiro atoms. The number of carbonyl (C=O) groups is 1. The number of rotatable bonds is 6. The number of nitrogens with one attached hydrogen (secondary N) is 1. The van der Waals surface area contributed by atoms with Gasteiger partial charge in [0.15, 0.2) is 0 Å². The van der Waals surface area contributed by atoms with Gasteiger partial charge < -0.3 is 19.9 Å². The Hall–Kier alpha value is -3.71. The van der Waals surface area contributed by atoms with Gasteiger partial charge in [0, 0.05) is 62.7 Å². The Bertz CT molecular complexity index is 1280. The van der Waals surface area contributed by atoms with Crippen LogP contribution < -0.4 is 15.0 Å². The number of halogens is 6. The van der Waals surface area contributed by atoms with Gasteiger partial charge in [-0.15, -0.1) is 0 Å². The number of anilines is 2. The van der Waals surface area contributed by atoms with Crippen molar-refractivity contribution in [2.45, 2.75) is 64.0 Å². The number of benzene rings is 2. The summed E-state index contributed by atoms with van der Waals surface area (Å²) in [4.78, 5) is 25.2. The maximum absolute atomic E-state index is 13.8. The van der Waals surface area contributed by atoms with Gasteiger partial charge in [-0.1, -0.05) is 0 Å². The zero-order chi connectivity index (χ0) is 30.1. The number of alkyl halides is 6. The fourth-order valence-corrected chi connectivity index (χ4v) is 5.41.